The Balaban J connectivity index is 1.12. The van der Waals surface area contributed by atoms with Crippen molar-refractivity contribution in [2.24, 2.45) is 0 Å². The minimum Gasteiger partial charge on any atom is -0.310 e. The zero-order valence-electron chi connectivity index (χ0n) is 27.0. The molecule has 1 nitrogen and oxygen atoms in total. The average Bonchev–Trinajstić information content (AvgIpc) is 3.19. The van der Waals surface area contributed by atoms with Gasteiger partial charge < -0.3 is 4.90 Å². The molecule has 0 aliphatic rings. The van der Waals surface area contributed by atoms with Crippen molar-refractivity contribution in [3.05, 3.63) is 200 Å². The first-order chi connectivity index (χ1) is 24.3. The van der Waals surface area contributed by atoms with Crippen molar-refractivity contribution < 1.29 is 0 Å². The maximum atomic E-state index is 2.38. The van der Waals surface area contributed by atoms with E-state index in [1.165, 1.54) is 65.7 Å². The molecule has 0 spiro atoms. The third-order valence-corrected chi connectivity index (χ3v) is 9.66. The van der Waals surface area contributed by atoms with E-state index < -0.39 is 0 Å². The Bertz CT molecular complexity index is 2560. The van der Waals surface area contributed by atoms with Crippen LogP contribution in [0.15, 0.2) is 200 Å². The van der Waals surface area contributed by atoms with Crippen LogP contribution in [0.5, 0.6) is 0 Å². The molecule has 0 radical (unpaired) electrons. The largest absolute Gasteiger partial charge is 0.310 e. The lowest BCUT2D eigenvalue weighted by Crippen LogP contribution is -2.10. The van der Waals surface area contributed by atoms with Crippen molar-refractivity contribution in [2.75, 3.05) is 4.90 Å². The molecule has 9 aromatic rings. The van der Waals surface area contributed by atoms with Gasteiger partial charge in [-0.1, -0.05) is 164 Å². The van der Waals surface area contributed by atoms with Gasteiger partial charge in [-0.2, -0.15) is 0 Å². The Kier molecular flexibility index (Phi) is 7.22. The summed E-state index contributed by atoms with van der Waals surface area (Å²) in [5.41, 5.74) is 10.7. The molecule has 0 aromatic heterocycles. The highest BCUT2D eigenvalue weighted by atomic mass is 15.1. The average molecular weight is 624 g/mol. The van der Waals surface area contributed by atoms with Crippen molar-refractivity contribution in [1.29, 1.82) is 0 Å². The maximum Gasteiger partial charge on any atom is 0.0540 e. The number of anilines is 3. The summed E-state index contributed by atoms with van der Waals surface area (Å²) in [6.45, 7) is 0. The normalized spacial score (nSPS) is 11.3. The quantitative estimate of drug-likeness (QED) is 0.167. The molecule has 0 aliphatic heterocycles. The molecule has 0 aliphatic carbocycles. The molecule has 9 rings (SSSR count). The second kappa shape index (κ2) is 12.3. The lowest BCUT2D eigenvalue weighted by Gasteiger charge is -2.27. The molecule has 0 saturated carbocycles. The molecule has 230 valence electrons. The van der Waals surface area contributed by atoms with Gasteiger partial charge in [-0.15, -0.1) is 0 Å². The van der Waals surface area contributed by atoms with Crippen LogP contribution in [-0.2, 0) is 0 Å². The van der Waals surface area contributed by atoms with Crippen LogP contribution in [0, 0.1) is 0 Å². The number of fused-ring (bicyclic) bond motifs is 4. The molecular formula is C48H33N. The van der Waals surface area contributed by atoms with Gasteiger partial charge in [0.05, 0.1) is 5.69 Å². The molecule has 0 unspecified atom stereocenters. The van der Waals surface area contributed by atoms with Gasteiger partial charge in [-0.05, 0) is 96.7 Å². The summed E-state index contributed by atoms with van der Waals surface area (Å²) < 4.78 is 0. The van der Waals surface area contributed by atoms with Crippen LogP contribution in [-0.4, -0.2) is 0 Å². The molecule has 0 bridgehead atoms. The van der Waals surface area contributed by atoms with Crippen molar-refractivity contribution in [1.82, 2.24) is 0 Å². The molecule has 49 heavy (non-hydrogen) atoms. The number of rotatable bonds is 6. The van der Waals surface area contributed by atoms with E-state index in [0.29, 0.717) is 0 Å². The van der Waals surface area contributed by atoms with Crippen molar-refractivity contribution in [3.8, 4) is 33.4 Å². The van der Waals surface area contributed by atoms with Gasteiger partial charge in [0.1, 0.15) is 0 Å². The molecule has 1 heteroatoms. The second-order valence-electron chi connectivity index (χ2n) is 12.6. The topological polar surface area (TPSA) is 3.24 Å². The molecule has 0 saturated heterocycles. The first-order valence-corrected chi connectivity index (χ1v) is 16.8. The standard InChI is InChI=1S/C48H33N/c1-2-11-34(12-3-1)35-21-23-36(24-22-35)37-25-29-41(30-26-37)49(48-20-10-15-38-13-4-7-17-44(38)48)42-31-27-39(28-32-42)47-33-40-14-5-6-16-43(40)45-18-8-9-19-46(45)47/h1-33H. The van der Waals surface area contributed by atoms with Gasteiger partial charge in [0.2, 0.25) is 0 Å². The Morgan fingerprint density at radius 3 is 1.37 bits per heavy atom. The lowest BCUT2D eigenvalue weighted by atomic mass is 9.93. The van der Waals surface area contributed by atoms with Crippen LogP contribution in [0.4, 0.5) is 17.1 Å². The minimum absolute atomic E-state index is 1.12. The maximum absolute atomic E-state index is 2.38. The Morgan fingerprint density at radius 1 is 0.265 bits per heavy atom. The summed E-state index contributed by atoms with van der Waals surface area (Å²) in [6, 6.07) is 72.4. The van der Waals surface area contributed by atoms with Crippen LogP contribution in [0.3, 0.4) is 0 Å². The van der Waals surface area contributed by atoms with Crippen LogP contribution in [0.25, 0.3) is 65.7 Å². The molecule has 9 aromatic carbocycles. The summed E-state index contributed by atoms with van der Waals surface area (Å²) >= 11 is 0. The smallest absolute Gasteiger partial charge is 0.0540 e. The first kappa shape index (κ1) is 28.8. The Labute approximate surface area is 287 Å². The van der Waals surface area contributed by atoms with E-state index in [4.69, 9.17) is 0 Å². The van der Waals surface area contributed by atoms with Gasteiger partial charge >= 0.3 is 0 Å². The number of benzene rings is 9. The van der Waals surface area contributed by atoms with Crippen LogP contribution in [0.1, 0.15) is 0 Å². The Morgan fingerprint density at radius 2 is 0.714 bits per heavy atom. The fraction of sp³-hybridized carbons (Fsp3) is 0. The lowest BCUT2D eigenvalue weighted by molar-refractivity contribution is 1.30. The van der Waals surface area contributed by atoms with Crippen LogP contribution < -0.4 is 4.90 Å². The third kappa shape index (κ3) is 5.32. The van der Waals surface area contributed by atoms with Crippen LogP contribution >= 0.6 is 0 Å². The van der Waals surface area contributed by atoms with Crippen molar-refractivity contribution >= 4 is 49.4 Å². The van der Waals surface area contributed by atoms with E-state index in [0.717, 1.165) is 17.1 Å². The summed E-state index contributed by atoms with van der Waals surface area (Å²) in [7, 11) is 0. The number of nitrogens with zero attached hydrogens (tertiary/aromatic N) is 1. The first-order valence-electron chi connectivity index (χ1n) is 16.8. The van der Waals surface area contributed by atoms with E-state index in [9.17, 15) is 0 Å². The predicted molar refractivity (Wildman–Crippen MR) is 210 cm³/mol. The minimum atomic E-state index is 1.12. The third-order valence-electron chi connectivity index (χ3n) is 9.66. The molecule has 0 atom stereocenters. The van der Waals surface area contributed by atoms with Gasteiger partial charge in [0.25, 0.3) is 0 Å². The summed E-state index contributed by atoms with van der Waals surface area (Å²) in [4.78, 5) is 2.38. The molecule has 0 fully saturated rings. The highest BCUT2D eigenvalue weighted by Crippen LogP contribution is 2.41. The highest BCUT2D eigenvalue weighted by molar-refractivity contribution is 6.13. The number of hydrogen-bond acceptors (Lipinski definition) is 1. The van der Waals surface area contributed by atoms with E-state index in [2.05, 4.69) is 205 Å². The van der Waals surface area contributed by atoms with Gasteiger partial charge in [0, 0.05) is 16.8 Å². The summed E-state index contributed by atoms with van der Waals surface area (Å²) in [5.74, 6) is 0. The molecule has 0 amide bonds. The van der Waals surface area contributed by atoms with E-state index in [1.54, 1.807) is 0 Å². The SMILES string of the molecule is c1ccc(-c2ccc(-c3ccc(N(c4ccc(-c5cc6ccccc6c6ccccc56)cc4)c4cccc5ccccc45)cc3)cc2)cc1. The fourth-order valence-electron chi connectivity index (χ4n) is 7.20. The fourth-order valence-corrected chi connectivity index (χ4v) is 7.20. The van der Waals surface area contributed by atoms with Gasteiger partial charge in [-0.25, -0.2) is 0 Å². The number of hydrogen-bond donors (Lipinski definition) is 0. The zero-order chi connectivity index (χ0) is 32.6. The Hall–Kier alpha value is -6.44. The van der Waals surface area contributed by atoms with E-state index >= 15 is 0 Å². The molecule has 0 N–H and O–H groups in total. The molecular weight excluding hydrogens is 591 g/mol. The zero-order valence-corrected chi connectivity index (χ0v) is 27.0. The second-order valence-corrected chi connectivity index (χ2v) is 12.6. The summed E-state index contributed by atoms with van der Waals surface area (Å²) in [5, 5.41) is 7.54. The van der Waals surface area contributed by atoms with E-state index in [1.807, 2.05) is 0 Å². The van der Waals surface area contributed by atoms with Crippen molar-refractivity contribution in [3.63, 3.8) is 0 Å². The van der Waals surface area contributed by atoms with Gasteiger partial charge in [0.15, 0.2) is 0 Å². The monoisotopic (exact) mass is 623 g/mol. The summed E-state index contributed by atoms with van der Waals surface area (Å²) in [6.07, 6.45) is 0. The molecule has 0 heterocycles. The predicted octanol–water partition coefficient (Wildman–Crippen LogP) is 13.6. The van der Waals surface area contributed by atoms with E-state index in [-0.39, 0.29) is 0 Å². The van der Waals surface area contributed by atoms with Crippen molar-refractivity contribution in [2.45, 2.75) is 0 Å². The van der Waals surface area contributed by atoms with Gasteiger partial charge in [-0.3, -0.25) is 0 Å². The van der Waals surface area contributed by atoms with Crippen LogP contribution in [0.2, 0.25) is 0 Å². The highest BCUT2D eigenvalue weighted by Gasteiger charge is 2.16.